The second-order valence-electron chi connectivity index (χ2n) is 8.87. The number of rotatable bonds is 6. The van der Waals surface area contributed by atoms with Crippen LogP contribution in [0.3, 0.4) is 0 Å². The normalized spacial score (nSPS) is 20.6. The Morgan fingerprint density at radius 3 is 2.65 bits per heavy atom. The number of aromatic nitrogens is 2. The highest BCUT2D eigenvalue weighted by atomic mass is 35.5. The summed E-state index contributed by atoms with van der Waals surface area (Å²) >= 11 is 5.98. The fourth-order valence-corrected chi connectivity index (χ4v) is 4.67. The molecule has 3 heterocycles. The third kappa shape index (κ3) is 6.17. The molecule has 0 spiro atoms. The topological polar surface area (TPSA) is 61.4 Å². The Labute approximate surface area is 190 Å². The van der Waals surface area contributed by atoms with Crippen molar-refractivity contribution in [3.8, 4) is 0 Å². The molecule has 0 bridgehead atoms. The van der Waals surface area contributed by atoms with E-state index >= 15 is 0 Å². The van der Waals surface area contributed by atoms with Crippen molar-refractivity contribution in [2.75, 3.05) is 37.6 Å². The monoisotopic (exact) mass is 441 g/mol. The van der Waals surface area contributed by atoms with Crippen molar-refractivity contribution in [1.82, 2.24) is 20.2 Å². The van der Waals surface area contributed by atoms with Crippen LogP contribution in [0, 0.1) is 18.8 Å². The minimum absolute atomic E-state index is 0.0165. The van der Waals surface area contributed by atoms with Crippen molar-refractivity contribution in [3.05, 3.63) is 52.8 Å². The summed E-state index contributed by atoms with van der Waals surface area (Å²) in [5.74, 6) is 1.50. The third-order valence-electron chi connectivity index (χ3n) is 6.45. The van der Waals surface area contributed by atoms with E-state index < -0.39 is 0 Å². The SMILES string of the molecule is Cc1ccnc(N2CCC[C@H](C(=O)NCC3CCN(Cc4ccc(Cl)cc4)CC3)C2)n1. The molecular formula is C24H32ClN5O. The van der Waals surface area contributed by atoms with E-state index in [-0.39, 0.29) is 11.8 Å². The lowest BCUT2D eigenvalue weighted by Gasteiger charge is -2.34. The van der Waals surface area contributed by atoms with Crippen LogP contribution in [0.4, 0.5) is 5.95 Å². The Morgan fingerprint density at radius 1 is 1.13 bits per heavy atom. The number of nitrogens with zero attached hydrogens (tertiary/aromatic N) is 4. The van der Waals surface area contributed by atoms with Crippen molar-refractivity contribution in [2.24, 2.45) is 11.8 Å². The summed E-state index contributed by atoms with van der Waals surface area (Å²) < 4.78 is 0. The molecule has 1 amide bonds. The van der Waals surface area contributed by atoms with Crippen LogP contribution in [0.1, 0.15) is 36.9 Å². The molecule has 0 aliphatic carbocycles. The van der Waals surface area contributed by atoms with E-state index in [0.29, 0.717) is 12.5 Å². The molecular weight excluding hydrogens is 410 g/mol. The lowest BCUT2D eigenvalue weighted by atomic mass is 9.94. The molecule has 1 aromatic carbocycles. The van der Waals surface area contributed by atoms with Gasteiger partial charge in [0.2, 0.25) is 11.9 Å². The standard InChI is InChI=1S/C24H32ClN5O/c1-18-8-11-26-24(28-18)30-12-2-3-21(17-30)23(31)27-15-19-9-13-29(14-10-19)16-20-4-6-22(25)7-5-20/h4-8,11,19,21H,2-3,9-10,12-17H2,1H3,(H,27,31)/t21-/m0/s1. The molecule has 1 atom stereocenters. The Hall–Kier alpha value is -2.18. The minimum atomic E-state index is 0.0165. The fourth-order valence-electron chi connectivity index (χ4n) is 4.55. The van der Waals surface area contributed by atoms with Crippen LogP contribution >= 0.6 is 11.6 Å². The quantitative estimate of drug-likeness (QED) is 0.740. The number of piperidine rings is 2. The number of benzene rings is 1. The number of carbonyl (C=O) groups excluding carboxylic acids is 1. The summed E-state index contributed by atoms with van der Waals surface area (Å²) in [6, 6.07) is 10.0. The van der Waals surface area contributed by atoms with E-state index in [1.165, 1.54) is 5.56 Å². The highest BCUT2D eigenvalue weighted by molar-refractivity contribution is 6.30. The summed E-state index contributed by atoms with van der Waals surface area (Å²) in [4.78, 5) is 26.4. The molecule has 2 aliphatic heterocycles. The van der Waals surface area contributed by atoms with Crippen molar-refractivity contribution in [2.45, 2.75) is 39.2 Å². The predicted octanol–water partition coefficient (Wildman–Crippen LogP) is 3.68. The van der Waals surface area contributed by atoms with Gasteiger partial charge in [0.25, 0.3) is 0 Å². The van der Waals surface area contributed by atoms with Gasteiger partial charge in [0.05, 0.1) is 5.92 Å². The van der Waals surface area contributed by atoms with Crippen molar-refractivity contribution < 1.29 is 4.79 Å². The first kappa shape index (κ1) is 22.0. The largest absolute Gasteiger partial charge is 0.356 e. The summed E-state index contributed by atoms with van der Waals surface area (Å²) in [6.45, 7) is 7.49. The Morgan fingerprint density at radius 2 is 1.90 bits per heavy atom. The molecule has 1 aromatic heterocycles. The second-order valence-corrected chi connectivity index (χ2v) is 9.31. The molecule has 2 aromatic rings. The van der Waals surface area contributed by atoms with Gasteiger partial charge in [-0.15, -0.1) is 0 Å². The van der Waals surface area contributed by atoms with Crippen LogP contribution in [0.15, 0.2) is 36.5 Å². The molecule has 0 unspecified atom stereocenters. The Bertz CT molecular complexity index is 867. The number of amides is 1. The first-order valence-electron chi connectivity index (χ1n) is 11.4. The van der Waals surface area contributed by atoms with Crippen molar-refractivity contribution in [1.29, 1.82) is 0 Å². The summed E-state index contributed by atoms with van der Waals surface area (Å²) in [7, 11) is 0. The number of nitrogens with one attached hydrogen (secondary N) is 1. The van der Waals surface area contributed by atoms with Gasteiger partial charge < -0.3 is 10.2 Å². The highest BCUT2D eigenvalue weighted by Crippen LogP contribution is 2.22. The maximum Gasteiger partial charge on any atom is 0.225 e. The number of likely N-dealkylation sites (tertiary alicyclic amines) is 1. The number of carbonyl (C=O) groups is 1. The Kier molecular flexibility index (Phi) is 7.41. The van der Waals surface area contributed by atoms with Gasteiger partial charge in [0.15, 0.2) is 0 Å². The lowest BCUT2D eigenvalue weighted by Crippen LogP contribution is -2.45. The average molecular weight is 442 g/mol. The van der Waals surface area contributed by atoms with Gasteiger partial charge in [-0.25, -0.2) is 9.97 Å². The smallest absolute Gasteiger partial charge is 0.225 e. The maximum atomic E-state index is 12.8. The van der Waals surface area contributed by atoms with Gasteiger partial charge in [-0.05, 0) is 75.4 Å². The predicted molar refractivity (Wildman–Crippen MR) is 124 cm³/mol. The zero-order valence-electron chi connectivity index (χ0n) is 18.3. The van der Waals surface area contributed by atoms with Crippen LogP contribution in [0.2, 0.25) is 5.02 Å². The summed E-state index contributed by atoms with van der Waals surface area (Å²) in [5, 5.41) is 4.02. The number of hydrogen-bond donors (Lipinski definition) is 1. The van der Waals surface area contributed by atoms with Crippen molar-refractivity contribution >= 4 is 23.5 Å². The molecule has 4 rings (SSSR count). The second kappa shape index (κ2) is 10.4. The number of aryl methyl sites for hydroxylation is 1. The summed E-state index contributed by atoms with van der Waals surface area (Å²) in [5.41, 5.74) is 2.26. The van der Waals surface area contributed by atoms with Crippen LogP contribution in [0.25, 0.3) is 0 Å². The van der Waals surface area contributed by atoms with Gasteiger partial charge >= 0.3 is 0 Å². The van der Waals surface area contributed by atoms with E-state index in [4.69, 9.17) is 11.6 Å². The first-order chi connectivity index (χ1) is 15.1. The lowest BCUT2D eigenvalue weighted by molar-refractivity contribution is -0.125. The van der Waals surface area contributed by atoms with Gasteiger partial charge in [0, 0.05) is 43.1 Å². The van der Waals surface area contributed by atoms with E-state index in [1.54, 1.807) is 6.20 Å². The minimum Gasteiger partial charge on any atom is -0.356 e. The highest BCUT2D eigenvalue weighted by Gasteiger charge is 2.28. The molecule has 31 heavy (non-hydrogen) atoms. The molecule has 0 radical (unpaired) electrons. The van der Waals surface area contributed by atoms with Gasteiger partial charge in [-0.1, -0.05) is 23.7 Å². The number of anilines is 1. The molecule has 2 saturated heterocycles. The number of hydrogen-bond acceptors (Lipinski definition) is 5. The molecule has 2 aliphatic rings. The van der Waals surface area contributed by atoms with Crippen LogP contribution in [0.5, 0.6) is 0 Å². The zero-order valence-corrected chi connectivity index (χ0v) is 19.0. The zero-order chi connectivity index (χ0) is 21.6. The summed E-state index contributed by atoms with van der Waals surface area (Å²) in [6.07, 6.45) is 5.98. The fraction of sp³-hybridized carbons (Fsp3) is 0.542. The van der Waals surface area contributed by atoms with Gasteiger partial charge in [-0.2, -0.15) is 0 Å². The maximum absolute atomic E-state index is 12.8. The molecule has 7 heteroatoms. The average Bonchev–Trinajstić information content (AvgIpc) is 2.80. The van der Waals surface area contributed by atoms with Gasteiger partial charge in [-0.3, -0.25) is 9.69 Å². The van der Waals surface area contributed by atoms with Gasteiger partial charge in [0.1, 0.15) is 0 Å². The first-order valence-corrected chi connectivity index (χ1v) is 11.7. The van der Waals surface area contributed by atoms with Crippen LogP contribution < -0.4 is 10.2 Å². The Balaban J connectivity index is 1.20. The molecule has 2 fully saturated rings. The van der Waals surface area contributed by atoms with Crippen LogP contribution in [-0.4, -0.2) is 53.5 Å². The molecule has 0 saturated carbocycles. The third-order valence-corrected chi connectivity index (χ3v) is 6.70. The van der Waals surface area contributed by atoms with Crippen molar-refractivity contribution in [3.63, 3.8) is 0 Å². The van der Waals surface area contributed by atoms with E-state index in [0.717, 1.165) is 75.1 Å². The molecule has 6 nitrogen and oxygen atoms in total. The van der Waals surface area contributed by atoms with E-state index in [2.05, 4.69) is 37.2 Å². The molecule has 166 valence electrons. The van der Waals surface area contributed by atoms with Crippen LogP contribution in [-0.2, 0) is 11.3 Å². The number of halogens is 1. The van der Waals surface area contributed by atoms with E-state index in [1.807, 2.05) is 25.1 Å². The van der Waals surface area contributed by atoms with E-state index in [9.17, 15) is 4.79 Å². The molecule has 1 N–H and O–H groups in total.